The molecular weight excluding hydrogens is 467 g/mol. The van der Waals surface area contributed by atoms with E-state index >= 15 is 0 Å². The number of hydrogen-bond acceptors (Lipinski definition) is 4. The van der Waals surface area contributed by atoms with Crippen LogP contribution in [0.4, 0.5) is 18.9 Å². The van der Waals surface area contributed by atoms with Gasteiger partial charge in [0, 0.05) is 17.0 Å². The van der Waals surface area contributed by atoms with Crippen LogP contribution in [0.1, 0.15) is 11.3 Å². The van der Waals surface area contributed by atoms with E-state index in [4.69, 9.17) is 16.6 Å². The van der Waals surface area contributed by atoms with Crippen LogP contribution in [0.5, 0.6) is 0 Å². The van der Waals surface area contributed by atoms with Gasteiger partial charge in [0.05, 0.1) is 16.2 Å². The molecule has 3 nitrogen and oxygen atoms in total. The molecule has 0 atom stereocenters. The molecule has 8 heteroatoms. The third-order valence-electron chi connectivity index (χ3n) is 5.18. The molecule has 0 saturated carbocycles. The van der Waals surface area contributed by atoms with Gasteiger partial charge in [0.1, 0.15) is 11.5 Å². The first kappa shape index (κ1) is 21.5. The van der Waals surface area contributed by atoms with Gasteiger partial charge >= 0.3 is 6.18 Å². The molecular formula is C25H14F3NO2S2. The van der Waals surface area contributed by atoms with Crippen molar-refractivity contribution in [2.75, 3.05) is 4.90 Å². The predicted octanol–water partition coefficient (Wildman–Crippen LogP) is 7.52. The normalized spacial score (nSPS) is 15.7. The standard InChI is InChI=1S/C25H14F3NO2S2/c26-25(27,28)17-8-3-7-16(13-17)21-12-11-18(31-21)14-22-23(30)29(24(32)33-22)20-10-4-6-15-5-1-2-9-19(15)20/h1-14H/b22-14-. The minimum Gasteiger partial charge on any atom is -0.457 e. The summed E-state index contributed by atoms with van der Waals surface area (Å²) < 4.78 is 45.2. The van der Waals surface area contributed by atoms with E-state index in [9.17, 15) is 18.0 Å². The first-order valence-corrected chi connectivity index (χ1v) is 11.1. The van der Waals surface area contributed by atoms with Gasteiger partial charge in [0.25, 0.3) is 5.91 Å². The SMILES string of the molecule is O=C1/C(=C/c2ccc(-c3cccc(C(F)(F)F)c3)o2)SC(=S)N1c1cccc2ccccc12. The molecule has 0 unspecified atom stereocenters. The average Bonchev–Trinajstić information content (AvgIpc) is 3.37. The molecule has 1 fully saturated rings. The van der Waals surface area contributed by atoms with Crippen molar-refractivity contribution >= 4 is 56.7 Å². The quantitative estimate of drug-likeness (QED) is 0.224. The number of rotatable bonds is 3. The Hall–Kier alpha value is -3.36. The molecule has 1 aliphatic rings. The van der Waals surface area contributed by atoms with Gasteiger partial charge in [-0.3, -0.25) is 9.69 Å². The lowest BCUT2D eigenvalue weighted by molar-refractivity contribution is -0.137. The highest BCUT2D eigenvalue weighted by molar-refractivity contribution is 8.27. The third kappa shape index (κ3) is 4.07. The third-order valence-corrected chi connectivity index (χ3v) is 6.48. The number of anilines is 1. The molecule has 164 valence electrons. The van der Waals surface area contributed by atoms with Crippen LogP contribution in [0, 0.1) is 0 Å². The number of hydrogen-bond donors (Lipinski definition) is 0. The second-order valence-corrected chi connectivity index (χ2v) is 8.97. The zero-order valence-electron chi connectivity index (χ0n) is 16.8. The Kier molecular flexibility index (Phi) is 5.34. The van der Waals surface area contributed by atoms with E-state index in [1.165, 1.54) is 17.0 Å². The highest BCUT2D eigenvalue weighted by Crippen LogP contribution is 2.39. The molecule has 2 heterocycles. The Bertz CT molecular complexity index is 1430. The minimum absolute atomic E-state index is 0.275. The van der Waals surface area contributed by atoms with E-state index < -0.39 is 11.7 Å². The largest absolute Gasteiger partial charge is 0.457 e. The molecule has 0 N–H and O–H groups in total. The van der Waals surface area contributed by atoms with Crippen molar-refractivity contribution in [2.24, 2.45) is 0 Å². The second kappa shape index (κ2) is 8.20. The lowest BCUT2D eigenvalue weighted by atomic mass is 10.1. The summed E-state index contributed by atoms with van der Waals surface area (Å²) in [4.78, 5) is 15.0. The monoisotopic (exact) mass is 481 g/mol. The van der Waals surface area contributed by atoms with Crippen LogP contribution >= 0.6 is 24.0 Å². The van der Waals surface area contributed by atoms with Crippen LogP contribution in [0.3, 0.4) is 0 Å². The van der Waals surface area contributed by atoms with Crippen LogP contribution in [0.25, 0.3) is 28.2 Å². The van der Waals surface area contributed by atoms with Gasteiger partial charge in [0.2, 0.25) is 0 Å². The molecule has 1 aliphatic heterocycles. The van der Waals surface area contributed by atoms with Crippen molar-refractivity contribution in [1.82, 2.24) is 0 Å². The van der Waals surface area contributed by atoms with E-state index in [2.05, 4.69) is 0 Å². The number of amides is 1. The summed E-state index contributed by atoms with van der Waals surface area (Å²) in [5.41, 5.74) is 0.241. The van der Waals surface area contributed by atoms with Gasteiger partial charge in [-0.25, -0.2) is 0 Å². The number of halogens is 3. The summed E-state index contributed by atoms with van der Waals surface area (Å²) in [7, 11) is 0. The molecule has 1 saturated heterocycles. The number of fused-ring (bicyclic) bond motifs is 1. The molecule has 33 heavy (non-hydrogen) atoms. The van der Waals surface area contributed by atoms with Crippen molar-refractivity contribution in [3.8, 4) is 11.3 Å². The first-order chi connectivity index (χ1) is 15.8. The second-order valence-electron chi connectivity index (χ2n) is 7.30. The minimum atomic E-state index is -4.44. The fraction of sp³-hybridized carbons (Fsp3) is 0.0400. The highest BCUT2D eigenvalue weighted by atomic mass is 32.2. The number of thiocarbonyl (C=S) groups is 1. The fourth-order valence-corrected chi connectivity index (χ4v) is 4.91. The van der Waals surface area contributed by atoms with E-state index in [-0.39, 0.29) is 11.7 Å². The fourth-order valence-electron chi connectivity index (χ4n) is 3.64. The summed E-state index contributed by atoms with van der Waals surface area (Å²) in [6, 6.07) is 21.5. The summed E-state index contributed by atoms with van der Waals surface area (Å²) in [5, 5.41) is 1.90. The van der Waals surface area contributed by atoms with Gasteiger partial charge in [-0.2, -0.15) is 13.2 Å². The van der Waals surface area contributed by atoms with Gasteiger partial charge in [-0.1, -0.05) is 72.5 Å². The van der Waals surface area contributed by atoms with Crippen molar-refractivity contribution in [2.45, 2.75) is 6.18 Å². The van der Waals surface area contributed by atoms with Crippen LogP contribution in [0.2, 0.25) is 0 Å². The van der Waals surface area contributed by atoms with Gasteiger partial charge in [0.15, 0.2) is 4.32 Å². The van der Waals surface area contributed by atoms with E-state index in [0.29, 0.717) is 26.2 Å². The Morgan fingerprint density at radius 1 is 0.939 bits per heavy atom. The molecule has 5 rings (SSSR count). The summed E-state index contributed by atoms with van der Waals surface area (Å²) in [6.45, 7) is 0. The van der Waals surface area contributed by atoms with Crippen LogP contribution < -0.4 is 4.90 Å². The first-order valence-electron chi connectivity index (χ1n) is 9.84. The van der Waals surface area contributed by atoms with Crippen LogP contribution in [0.15, 0.2) is 88.2 Å². The van der Waals surface area contributed by atoms with Gasteiger partial charge in [-0.15, -0.1) is 0 Å². The van der Waals surface area contributed by atoms with Crippen molar-refractivity contribution in [3.05, 3.63) is 95.1 Å². The van der Waals surface area contributed by atoms with E-state index in [1.807, 2.05) is 42.5 Å². The molecule has 0 radical (unpaired) electrons. The van der Waals surface area contributed by atoms with E-state index in [1.54, 1.807) is 18.2 Å². The van der Waals surface area contributed by atoms with Crippen LogP contribution in [-0.4, -0.2) is 10.2 Å². The molecule has 0 aliphatic carbocycles. The smallest absolute Gasteiger partial charge is 0.416 e. The van der Waals surface area contributed by atoms with Crippen molar-refractivity contribution < 1.29 is 22.4 Å². The summed E-state index contributed by atoms with van der Waals surface area (Å²) in [6.07, 6.45) is -2.89. The molecule has 1 aromatic heterocycles. The Balaban J connectivity index is 1.45. The maximum atomic E-state index is 13.2. The maximum absolute atomic E-state index is 13.2. The number of carbonyl (C=O) groups excluding carboxylic acids is 1. The number of thioether (sulfide) groups is 1. The molecule has 0 spiro atoms. The summed E-state index contributed by atoms with van der Waals surface area (Å²) in [5.74, 6) is 0.344. The number of alkyl halides is 3. The molecule has 0 bridgehead atoms. The molecule has 1 amide bonds. The Morgan fingerprint density at radius 2 is 1.70 bits per heavy atom. The maximum Gasteiger partial charge on any atom is 0.416 e. The van der Waals surface area contributed by atoms with Crippen LogP contribution in [-0.2, 0) is 11.0 Å². The molecule has 3 aromatic carbocycles. The van der Waals surface area contributed by atoms with Gasteiger partial charge < -0.3 is 4.42 Å². The lowest BCUT2D eigenvalue weighted by Gasteiger charge is -2.17. The highest BCUT2D eigenvalue weighted by Gasteiger charge is 2.34. The van der Waals surface area contributed by atoms with Crippen molar-refractivity contribution in [3.63, 3.8) is 0 Å². The lowest BCUT2D eigenvalue weighted by Crippen LogP contribution is -2.27. The predicted molar refractivity (Wildman–Crippen MR) is 129 cm³/mol. The molecule has 4 aromatic rings. The topological polar surface area (TPSA) is 33.5 Å². The summed E-state index contributed by atoms with van der Waals surface area (Å²) >= 11 is 6.63. The van der Waals surface area contributed by atoms with Crippen molar-refractivity contribution in [1.29, 1.82) is 0 Å². The Labute approximate surface area is 196 Å². The number of benzene rings is 3. The number of carbonyl (C=O) groups is 1. The van der Waals surface area contributed by atoms with E-state index in [0.717, 1.165) is 34.7 Å². The zero-order chi connectivity index (χ0) is 23.2. The Morgan fingerprint density at radius 3 is 2.52 bits per heavy atom. The zero-order valence-corrected chi connectivity index (χ0v) is 18.4. The van der Waals surface area contributed by atoms with Gasteiger partial charge in [-0.05, 0) is 35.7 Å². The average molecular weight is 482 g/mol. The number of furan rings is 1. The number of nitrogens with zero attached hydrogens (tertiary/aromatic N) is 1.